The van der Waals surface area contributed by atoms with Gasteiger partial charge in [-0.25, -0.2) is 0 Å². The van der Waals surface area contributed by atoms with Crippen LogP contribution in [0.5, 0.6) is 0 Å². The summed E-state index contributed by atoms with van der Waals surface area (Å²) in [5, 5.41) is 0.197. The molecule has 0 aromatic heterocycles. The molecule has 0 N–H and O–H groups in total. The first-order valence-electron chi connectivity index (χ1n) is 9.10. The number of halogens is 1. The maximum Gasteiger partial charge on any atom is 0.249 e. The van der Waals surface area contributed by atoms with Gasteiger partial charge in [0.05, 0.1) is 0 Å². The van der Waals surface area contributed by atoms with Crippen molar-refractivity contribution in [3.63, 3.8) is 0 Å². The smallest absolute Gasteiger partial charge is 0.249 e. The first-order valence-corrected chi connectivity index (χ1v) is 9.10. The monoisotopic (exact) mass is 301 g/mol. The van der Waals surface area contributed by atoms with Gasteiger partial charge < -0.3 is 0 Å². The van der Waals surface area contributed by atoms with Gasteiger partial charge in [0, 0.05) is 13.5 Å². The van der Waals surface area contributed by atoms with Crippen LogP contribution < -0.4 is 0 Å². The zero-order chi connectivity index (χ0) is 15.8. The lowest BCUT2D eigenvalue weighted by molar-refractivity contribution is -0.143. The summed E-state index contributed by atoms with van der Waals surface area (Å²) in [6, 6.07) is 0. The molecule has 126 valence electrons. The molecule has 0 atom stereocenters. The van der Waals surface area contributed by atoms with Crippen LogP contribution in [0.2, 0.25) is 0 Å². The minimum absolute atomic E-state index is 0.197. The second kappa shape index (κ2) is 15.8. The van der Waals surface area contributed by atoms with Crippen LogP contribution in [-0.4, -0.2) is 18.1 Å². The summed E-state index contributed by atoms with van der Waals surface area (Å²) in [5.74, 6) is -0.395. The van der Waals surface area contributed by atoms with Crippen molar-refractivity contribution in [1.29, 1.82) is 0 Å². The van der Waals surface area contributed by atoms with Crippen LogP contribution in [0.15, 0.2) is 0 Å². The summed E-state index contributed by atoms with van der Waals surface area (Å²) in [7, 11) is 1.17. The van der Waals surface area contributed by atoms with Crippen molar-refractivity contribution >= 4 is 5.91 Å². The number of rotatable bonds is 15. The normalized spacial score (nSPS) is 10.8. The van der Waals surface area contributed by atoms with E-state index in [9.17, 15) is 9.28 Å². The summed E-state index contributed by atoms with van der Waals surface area (Å²) in [6.45, 7) is 2.26. The summed E-state index contributed by atoms with van der Waals surface area (Å²) in [5.41, 5.74) is 0. The fourth-order valence-electron chi connectivity index (χ4n) is 2.62. The molecule has 21 heavy (non-hydrogen) atoms. The Morgan fingerprint density at radius 1 is 0.714 bits per heavy atom. The number of carbonyl (C=O) groups is 1. The highest BCUT2D eigenvalue weighted by Gasteiger charge is 2.05. The molecule has 0 aliphatic heterocycles. The summed E-state index contributed by atoms with van der Waals surface area (Å²) in [6.07, 6.45) is 18.5. The lowest BCUT2D eigenvalue weighted by Crippen LogP contribution is -2.16. The Bertz CT molecular complexity index is 231. The second-order valence-electron chi connectivity index (χ2n) is 6.22. The van der Waals surface area contributed by atoms with Gasteiger partial charge in [0.15, 0.2) is 0 Å². The summed E-state index contributed by atoms with van der Waals surface area (Å²) in [4.78, 5) is 11.0. The van der Waals surface area contributed by atoms with Crippen LogP contribution in [0, 0.1) is 0 Å². The zero-order valence-electron chi connectivity index (χ0n) is 14.3. The zero-order valence-corrected chi connectivity index (χ0v) is 14.3. The van der Waals surface area contributed by atoms with E-state index in [1.165, 1.54) is 84.1 Å². The molecule has 0 radical (unpaired) electrons. The second-order valence-corrected chi connectivity index (χ2v) is 6.22. The topological polar surface area (TPSA) is 20.3 Å². The van der Waals surface area contributed by atoms with Crippen LogP contribution in [0.1, 0.15) is 103 Å². The van der Waals surface area contributed by atoms with Crippen molar-refractivity contribution in [1.82, 2.24) is 5.12 Å². The number of carbonyl (C=O) groups excluding carboxylic acids is 1. The number of amides is 1. The van der Waals surface area contributed by atoms with Gasteiger partial charge in [-0.1, -0.05) is 94.9 Å². The van der Waals surface area contributed by atoms with Crippen LogP contribution in [-0.2, 0) is 4.79 Å². The van der Waals surface area contributed by atoms with Crippen LogP contribution in [0.4, 0.5) is 4.48 Å². The average molecular weight is 301 g/mol. The third kappa shape index (κ3) is 15.6. The Hall–Kier alpha value is -0.600. The van der Waals surface area contributed by atoms with Gasteiger partial charge in [-0.05, 0) is 6.42 Å². The van der Waals surface area contributed by atoms with Crippen LogP contribution in [0.3, 0.4) is 0 Å². The lowest BCUT2D eigenvalue weighted by atomic mass is 10.0. The van der Waals surface area contributed by atoms with E-state index >= 15 is 0 Å². The predicted octanol–water partition coefficient (Wildman–Crippen LogP) is 6.20. The molecular weight excluding hydrogens is 265 g/mol. The van der Waals surface area contributed by atoms with Crippen LogP contribution >= 0.6 is 0 Å². The molecule has 0 aromatic carbocycles. The molecule has 2 nitrogen and oxygen atoms in total. The quantitative estimate of drug-likeness (QED) is 0.260. The molecule has 0 fully saturated rings. The predicted molar refractivity (Wildman–Crippen MR) is 88.8 cm³/mol. The fraction of sp³-hybridized carbons (Fsp3) is 0.944. The molecule has 0 aliphatic carbocycles. The van der Waals surface area contributed by atoms with Crippen molar-refractivity contribution in [2.24, 2.45) is 0 Å². The Morgan fingerprint density at radius 2 is 1.05 bits per heavy atom. The van der Waals surface area contributed by atoms with Gasteiger partial charge in [0.25, 0.3) is 0 Å². The van der Waals surface area contributed by atoms with Crippen molar-refractivity contribution in [3.8, 4) is 0 Å². The molecule has 0 unspecified atom stereocenters. The van der Waals surface area contributed by atoms with Crippen molar-refractivity contribution in [2.45, 2.75) is 103 Å². The van der Waals surface area contributed by atoms with Crippen molar-refractivity contribution in [2.75, 3.05) is 7.05 Å². The van der Waals surface area contributed by atoms with E-state index in [-0.39, 0.29) is 5.12 Å². The third-order valence-electron chi connectivity index (χ3n) is 4.09. The Balaban J connectivity index is 3.04. The largest absolute Gasteiger partial charge is 0.272 e. The highest BCUT2D eigenvalue weighted by atomic mass is 19.2. The molecule has 0 heterocycles. The minimum Gasteiger partial charge on any atom is -0.272 e. The molecule has 0 saturated carbocycles. The van der Waals surface area contributed by atoms with E-state index in [4.69, 9.17) is 0 Å². The van der Waals surface area contributed by atoms with Crippen LogP contribution in [0.25, 0.3) is 0 Å². The summed E-state index contributed by atoms with van der Waals surface area (Å²) >= 11 is 0. The molecule has 0 aliphatic rings. The highest BCUT2D eigenvalue weighted by molar-refractivity contribution is 5.74. The maximum atomic E-state index is 12.4. The van der Waals surface area contributed by atoms with E-state index < -0.39 is 5.91 Å². The number of hydrogen-bond donors (Lipinski definition) is 0. The van der Waals surface area contributed by atoms with E-state index in [1.54, 1.807) is 0 Å². The molecular formula is C18H36FNO. The number of hydrogen-bond acceptors (Lipinski definition) is 1. The Kier molecular flexibility index (Phi) is 15.3. The van der Waals surface area contributed by atoms with Gasteiger partial charge in [-0.2, -0.15) is 5.12 Å². The molecule has 3 heteroatoms. The van der Waals surface area contributed by atoms with E-state index in [2.05, 4.69) is 6.92 Å². The van der Waals surface area contributed by atoms with Gasteiger partial charge in [0.1, 0.15) is 0 Å². The summed E-state index contributed by atoms with van der Waals surface area (Å²) < 4.78 is 12.4. The molecule has 0 bridgehead atoms. The van der Waals surface area contributed by atoms with E-state index in [0.717, 1.165) is 12.8 Å². The number of nitrogens with zero attached hydrogens (tertiary/aromatic N) is 1. The molecule has 0 rings (SSSR count). The SMILES string of the molecule is CCCCCCCCCCCCCCCCC(=O)N(C)F. The van der Waals surface area contributed by atoms with Gasteiger partial charge in [-0.15, -0.1) is 0 Å². The molecule has 0 aromatic rings. The van der Waals surface area contributed by atoms with E-state index in [1.807, 2.05) is 0 Å². The Morgan fingerprint density at radius 3 is 1.38 bits per heavy atom. The third-order valence-corrected chi connectivity index (χ3v) is 4.09. The fourth-order valence-corrected chi connectivity index (χ4v) is 2.62. The first kappa shape index (κ1) is 20.4. The molecule has 0 saturated heterocycles. The van der Waals surface area contributed by atoms with Gasteiger partial charge in [-0.3, -0.25) is 4.79 Å². The standard InChI is InChI=1S/C18H36FNO/c1-3-4-5-6-7-8-9-10-11-12-13-14-15-16-17-18(21)20(2)19/h3-17H2,1-2H3. The van der Waals surface area contributed by atoms with Crippen molar-refractivity contribution in [3.05, 3.63) is 0 Å². The van der Waals surface area contributed by atoms with Gasteiger partial charge >= 0.3 is 0 Å². The van der Waals surface area contributed by atoms with E-state index in [0.29, 0.717) is 6.42 Å². The average Bonchev–Trinajstić information content (AvgIpc) is 2.47. The van der Waals surface area contributed by atoms with Gasteiger partial charge in [0.2, 0.25) is 5.91 Å². The number of unbranched alkanes of at least 4 members (excludes halogenated alkanes) is 13. The molecule has 1 amide bonds. The maximum absolute atomic E-state index is 12.4. The lowest BCUT2D eigenvalue weighted by Gasteiger charge is -2.05. The molecule has 0 spiro atoms. The minimum atomic E-state index is -0.395. The Labute approximate surface area is 131 Å². The first-order chi connectivity index (χ1) is 10.2. The van der Waals surface area contributed by atoms with Crippen molar-refractivity contribution < 1.29 is 9.28 Å². The highest BCUT2D eigenvalue weighted by Crippen LogP contribution is 2.13.